The highest BCUT2D eigenvalue weighted by Crippen LogP contribution is 2.06. The smallest absolute Gasteiger partial charge is 0.413 e. The van der Waals surface area contributed by atoms with Crippen molar-refractivity contribution < 1.29 is 14.6 Å². The molecule has 0 spiro atoms. The zero-order valence-corrected chi connectivity index (χ0v) is 10.2. The minimum Gasteiger partial charge on any atom is -0.444 e. The number of hydrogen-bond donors (Lipinski definition) is 2. The molecule has 2 aromatic rings. The van der Waals surface area contributed by atoms with Gasteiger partial charge in [-0.1, -0.05) is 36.4 Å². The Bertz CT molecular complexity index is 543. The fourth-order valence-electron chi connectivity index (χ4n) is 1.50. The summed E-state index contributed by atoms with van der Waals surface area (Å²) < 4.78 is 5.05. The fraction of sp³-hybridized carbons (Fsp3) is 0.143. The molecule has 0 fully saturated rings. The molecule has 98 valence electrons. The molecule has 1 amide bonds. The van der Waals surface area contributed by atoms with E-state index in [1.165, 1.54) is 0 Å². The highest BCUT2D eigenvalue weighted by atomic mass is 16.5. The predicted molar refractivity (Wildman–Crippen MR) is 70.4 cm³/mol. The Morgan fingerprint density at radius 1 is 1.16 bits per heavy atom. The van der Waals surface area contributed by atoms with Gasteiger partial charge in [-0.25, -0.2) is 9.78 Å². The highest BCUT2D eigenvalue weighted by Gasteiger charge is 2.05. The van der Waals surface area contributed by atoms with Gasteiger partial charge in [-0.05, 0) is 17.7 Å². The van der Waals surface area contributed by atoms with E-state index < -0.39 is 6.09 Å². The maximum Gasteiger partial charge on any atom is 0.413 e. The average Bonchev–Trinajstić information content (AvgIpc) is 2.46. The average molecular weight is 258 g/mol. The van der Waals surface area contributed by atoms with Crippen LogP contribution in [0.4, 0.5) is 10.6 Å². The summed E-state index contributed by atoms with van der Waals surface area (Å²) in [6.07, 6.45) is -0.577. The van der Waals surface area contributed by atoms with Gasteiger partial charge >= 0.3 is 6.09 Å². The van der Waals surface area contributed by atoms with Gasteiger partial charge in [0.15, 0.2) is 0 Å². The van der Waals surface area contributed by atoms with Gasteiger partial charge in [0.05, 0.1) is 12.3 Å². The largest absolute Gasteiger partial charge is 0.444 e. The number of amides is 1. The van der Waals surface area contributed by atoms with Crippen molar-refractivity contribution in [2.45, 2.75) is 13.2 Å². The lowest BCUT2D eigenvalue weighted by Gasteiger charge is -2.07. The fourth-order valence-corrected chi connectivity index (χ4v) is 1.50. The molecule has 2 N–H and O–H groups in total. The molecule has 1 aromatic heterocycles. The van der Waals surface area contributed by atoms with E-state index >= 15 is 0 Å². The summed E-state index contributed by atoms with van der Waals surface area (Å²) in [6, 6.07) is 14.4. The molecule has 1 heterocycles. The number of nitrogens with one attached hydrogen (secondary N) is 1. The number of anilines is 1. The topological polar surface area (TPSA) is 71.5 Å². The Balaban J connectivity index is 1.87. The van der Waals surface area contributed by atoms with E-state index in [1.54, 1.807) is 18.2 Å². The third kappa shape index (κ3) is 4.08. The van der Waals surface area contributed by atoms with Gasteiger partial charge in [-0.3, -0.25) is 5.32 Å². The van der Waals surface area contributed by atoms with Crippen LogP contribution < -0.4 is 5.32 Å². The van der Waals surface area contributed by atoms with Crippen LogP contribution in [0.3, 0.4) is 0 Å². The summed E-state index contributed by atoms with van der Waals surface area (Å²) in [5, 5.41) is 11.4. The minimum atomic E-state index is -0.577. The number of carbonyl (C=O) groups excluding carboxylic acids is 1. The van der Waals surface area contributed by atoms with Crippen molar-refractivity contribution in [3.05, 3.63) is 59.8 Å². The highest BCUT2D eigenvalue weighted by molar-refractivity contribution is 5.83. The molecule has 0 saturated heterocycles. The molecule has 1 aromatic carbocycles. The molecule has 0 aliphatic rings. The van der Waals surface area contributed by atoms with E-state index in [4.69, 9.17) is 9.84 Å². The van der Waals surface area contributed by atoms with Crippen LogP contribution in [0.1, 0.15) is 11.3 Å². The lowest BCUT2D eigenvalue weighted by atomic mass is 10.2. The number of hydrogen-bond acceptors (Lipinski definition) is 4. The number of pyridine rings is 1. The number of aliphatic hydroxyl groups is 1. The Hall–Kier alpha value is -2.40. The van der Waals surface area contributed by atoms with Crippen LogP contribution in [0.15, 0.2) is 48.5 Å². The zero-order valence-electron chi connectivity index (χ0n) is 10.2. The van der Waals surface area contributed by atoms with Crippen molar-refractivity contribution in [1.82, 2.24) is 4.98 Å². The molecule has 0 aliphatic carbocycles. The zero-order chi connectivity index (χ0) is 13.5. The molecular weight excluding hydrogens is 244 g/mol. The number of carbonyl (C=O) groups is 1. The number of rotatable bonds is 4. The Kier molecular flexibility index (Phi) is 4.47. The summed E-state index contributed by atoms with van der Waals surface area (Å²) in [5.41, 5.74) is 1.40. The van der Waals surface area contributed by atoms with Crippen molar-refractivity contribution in [2.24, 2.45) is 0 Å². The van der Waals surface area contributed by atoms with E-state index in [0.717, 1.165) is 5.56 Å². The lowest BCUT2D eigenvalue weighted by molar-refractivity contribution is 0.155. The van der Waals surface area contributed by atoms with E-state index in [9.17, 15) is 4.79 Å². The van der Waals surface area contributed by atoms with Gasteiger partial charge in [-0.15, -0.1) is 0 Å². The molecule has 5 nitrogen and oxygen atoms in total. The summed E-state index contributed by atoms with van der Waals surface area (Å²) in [6.45, 7) is 0.0287. The monoisotopic (exact) mass is 258 g/mol. The molecule has 0 bridgehead atoms. The Labute approximate surface area is 110 Å². The number of aliphatic hydroxyl groups excluding tert-OH is 1. The molecule has 0 atom stereocenters. The van der Waals surface area contributed by atoms with Crippen molar-refractivity contribution in [3.63, 3.8) is 0 Å². The van der Waals surface area contributed by atoms with Crippen molar-refractivity contribution in [3.8, 4) is 0 Å². The second-order valence-corrected chi connectivity index (χ2v) is 3.86. The Morgan fingerprint density at radius 2 is 1.95 bits per heavy atom. The third-order valence-corrected chi connectivity index (χ3v) is 2.41. The van der Waals surface area contributed by atoms with Crippen LogP contribution in [0.2, 0.25) is 0 Å². The molecular formula is C14H14N2O3. The summed E-state index contributed by atoms with van der Waals surface area (Å²) in [7, 11) is 0. The van der Waals surface area contributed by atoms with Gasteiger partial charge in [-0.2, -0.15) is 0 Å². The summed E-state index contributed by atoms with van der Waals surface area (Å²) >= 11 is 0. The van der Waals surface area contributed by atoms with E-state index in [1.807, 2.05) is 30.3 Å². The number of aromatic nitrogens is 1. The Morgan fingerprint density at radius 3 is 2.68 bits per heavy atom. The van der Waals surface area contributed by atoms with Gasteiger partial charge in [0, 0.05) is 0 Å². The predicted octanol–water partition coefficient (Wildman–Crippen LogP) is 2.32. The van der Waals surface area contributed by atoms with Crippen LogP contribution in [0, 0.1) is 0 Å². The molecule has 5 heteroatoms. The van der Waals surface area contributed by atoms with Crippen LogP contribution >= 0.6 is 0 Å². The number of ether oxygens (including phenoxy) is 1. The van der Waals surface area contributed by atoms with Gasteiger partial charge in [0.2, 0.25) is 0 Å². The standard InChI is InChI=1S/C14H14N2O3/c17-9-12-7-4-8-13(15-12)16-14(18)19-10-11-5-2-1-3-6-11/h1-8,17H,9-10H2,(H,15,16,18). The van der Waals surface area contributed by atoms with Crippen molar-refractivity contribution in [2.75, 3.05) is 5.32 Å². The van der Waals surface area contributed by atoms with Gasteiger partial charge < -0.3 is 9.84 Å². The molecule has 0 radical (unpaired) electrons. The lowest BCUT2D eigenvalue weighted by Crippen LogP contribution is -2.14. The van der Waals surface area contributed by atoms with Gasteiger partial charge in [0.25, 0.3) is 0 Å². The quantitative estimate of drug-likeness (QED) is 0.882. The third-order valence-electron chi connectivity index (χ3n) is 2.41. The maximum atomic E-state index is 11.5. The summed E-state index contributed by atoms with van der Waals surface area (Å²) in [5.74, 6) is 0.351. The van der Waals surface area contributed by atoms with E-state index in [-0.39, 0.29) is 13.2 Å². The second-order valence-electron chi connectivity index (χ2n) is 3.86. The number of nitrogens with zero attached hydrogens (tertiary/aromatic N) is 1. The normalized spacial score (nSPS) is 9.95. The van der Waals surface area contributed by atoms with Crippen molar-refractivity contribution in [1.29, 1.82) is 0 Å². The molecule has 19 heavy (non-hydrogen) atoms. The molecule has 2 rings (SSSR count). The SMILES string of the molecule is O=C(Nc1cccc(CO)n1)OCc1ccccc1. The minimum absolute atomic E-state index is 0.172. The molecule has 0 unspecified atom stereocenters. The number of benzene rings is 1. The molecule has 0 saturated carbocycles. The maximum absolute atomic E-state index is 11.5. The van der Waals surface area contributed by atoms with Crippen LogP contribution in [-0.4, -0.2) is 16.2 Å². The van der Waals surface area contributed by atoms with Gasteiger partial charge in [0.1, 0.15) is 12.4 Å². The molecule has 0 aliphatic heterocycles. The van der Waals surface area contributed by atoms with Crippen LogP contribution in [0.5, 0.6) is 0 Å². The first kappa shape index (κ1) is 13.0. The van der Waals surface area contributed by atoms with E-state index in [2.05, 4.69) is 10.3 Å². The first-order valence-electron chi connectivity index (χ1n) is 5.82. The van der Waals surface area contributed by atoms with Crippen LogP contribution in [-0.2, 0) is 18.0 Å². The van der Waals surface area contributed by atoms with Crippen LogP contribution in [0.25, 0.3) is 0 Å². The van der Waals surface area contributed by atoms with E-state index in [0.29, 0.717) is 11.5 Å². The second kappa shape index (κ2) is 6.51. The summed E-state index contributed by atoms with van der Waals surface area (Å²) in [4.78, 5) is 15.6. The first-order chi connectivity index (χ1) is 9.28. The first-order valence-corrected chi connectivity index (χ1v) is 5.82. The van der Waals surface area contributed by atoms with Crippen molar-refractivity contribution >= 4 is 11.9 Å².